The van der Waals surface area contributed by atoms with Crippen molar-refractivity contribution in [1.82, 2.24) is 20.6 Å². The van der Waals surface area contributed by atoms with Crippen molar-refractivity contribution in [3.63, 3.8) is 0 Å². The van der Waals surface area contributed by atoms with Gasteiger partial charge in [0, 0.05) is 18.4 Å². The minimum atomic E-state index is -0.795. The van der Waals surface area contributed by atoms with Crippen molar-refractivity contribution < 1.29 is 18.8 Å². The summed E-state index contributed by atoms with van der Waals surface area (Å²) in [6, 6.07) is 8.94. The number of carbonyl (C=O) groups is 3. The number of nitrogens with one attached hydrogen (secondary N) is 1. The lowest BCUT2D eigenvalue weighted by Crippen LogP contribution is -2.18. The molecule has 1 N–H and O–H groups in total. The fourth-order valence-electron chi connectivity index (χ4n) is 2.32. The van der Waals surface area contributed by atoms with E-state index in [0.717, 1.165) is 5.56 Å². The van der Waals surface area contributed by atoms with Gasteiger partial charge in [0.1, 0.15) is 5.76 Å². The Morgan fingerprint density at radius 1 is 1.12 bits per heavy atom. The van der Waals surface area contributed by atoms with Crippen LogP contribution in [0.3, 0.4) is 0 Å². The monoisotopic (exact) mass is 338 g/mol. The van der Waals surface area contributed by atoms with Crippen LogP contribution in [-0.4, -0.2) is 38.0 Å². The van der Waals surface area contributed by atoms with E-state index in [1.165, 1.54) is 13.2 Å². The van der Waals surface area contributed by atoms with Crippen molar-refractivity contribution in [3.05, 3.63) is 64.9 Å². The summed E-state index contributed by atoms with van der Waals surface area (Å²) in [4.78, 5) is 35.0. The highest BCUT2D eigenvalue weighted by molar-refractivity contribution is 6.43. The van der Waals surface area contributed by atoms with Crippen LogP contribution in [0.2, 0.25) is 0 Å². The second-order valence-corrected chi connectivity index (χ2v) is 5.52. The van der Waals surface area contributed by atoms with Gasteiger partial charge in [-0.25, -0.2) is 0 Å². The minimum Gasteiger partial charge on any atom is -0.469 e. The van der Waals surface area contributed by atoms with E-state index in [-0.39, 0.29) is 18.0 Å². The molecule has 0 atom stereocenters. The molecular formula is C17H14N4O4. The van der Waals surface area contributed by atoms with Gasteiger partial charge >= 0.3 is 0 Å². The molecule has 0 aliphatic heterocycles. The number of aromatic nitrogens is 4. The van der Waals surface area contributed by atoms with Gasteiger partial charge in [-0.1, -0.05) is 24.3 Å². The lowest BCUT2D eigenvalue weighted by Gasteiger charge is -2.00. The number of tetrazole rings is 1. The van der Waals surface area contributed by atoms with Crippen LogP contribution >= 0.6 is 0 Å². The van der Waals surface area contributed by atoms with E-state index < -0.39 is 11.6 Å². The molecule has 0 fully saturated rings. The summed E-state index contributed by atoms with van der Waals surface area (Å²) in [5.74, 6) is -1.02. The quantitative estimate of drug-likeness (QED) is 0.513. The maximum atomic E-state index is 11.9. The highest BCUT2D eigenvalue weighted by atomic mass is 16.3. The lowest BCUT2D eigenvalue weighted by molar-refractivity contribution is -0.114. The molecule has 1 aromatic carbocycles. The van der Waals surface area contributed by atoms with Gasteiger partial charge in [-0.05, 0) is 29.3 Å². The van der Waals surface area contributed by atoms with Crippen LogP contribution in [-0.2, 0) is 17.6 Å². The fraction of sp³-hybridized carbons (Fsp3) is 0.176. The smallest absolute Gasteiger partial charge is 0.269 e. The second kappa shape index (κ2) is 7.00. The van der Waals surface area contributed by atoms with Crippen molar-refractivity contribution in [2.24, 2.45) is 0 Å². The third kappa shape index (κ3) is 3.92. The molecule has 2 heterocycles. The Kier molecular flexibility index (Phi) is 4.60. The van der Waals surface area contributed by atoms with Crippen LogP contribution in [0.15, 0.2) is 41.0 Å². The van der Waals surface area contributed by atoms with Gasteiger partial charge in [0.05, 0.1) is 6.26 Å². The summed E-state index contributed by atoms with van der Waals surface area (Å²) in [7, 11) is 0. The molecule has 3 rings (SSSR count). The molecule has 25 heavy (non-hydrogen) atoms. The number of hydrogen-bond acceptors (Lipinski definition) is 7. The van der Waals surface area contributed by atoms with Gasteiger partial charge in [-0.15, -0.1) is 10.2 Å². The lowest BCUT2D eigenvalue weighted by atomic mass is 10.0. The first kappa shape index (κ1) is 16.4. The maximum absolute atomic E-state index is 11.9. The Morgan fingerprint density at radius 3 is 2.52 bits per heavy atom. The molecule has 0 aliphatic rings. The number of hydrogen-bond donors (Lipinski definition) is 1. The van der Waals surface area contributed by atoms with Crippen molar-refractivity contribution in [2.75, 3.05) is 0 Å². The summed E-state index contributed by atoms with van der Waals surface area (Å²) >= 11 is 0. The van der Waals surface area contributed by atoms with Gasteiger partial charge < -0.3 is 4.42 Å². The molecule has 8 nitrogen and oxygen atoms in total. The number of H-pyrrole nitrogens is 1. The van der Waals surface area contributed by atoms with E-state index >= 15 is 0 Å². The molecule has 0 radical (unpaired) electrons. The average molecular weight is 338 g/mol. The van der Waals surface area contributed by atoms with Crippen LogP contribution in [0.5, 0.6) is 0 Å². The SMILES string of the molecule is CC(=O)c1ccc(Cc2cc(CC(=O)C(=O)c3nn[nH]n3)co2)cc1. The van der Waals surface area contributed by atoms with Gasteiger partial charge in [0.25, 0.3) is 5.78 Å². The number of benzene rings is 1. The molecular weight excluding hydrogens is 324 g/mol. The predicted octanol–water partition coefficient (Wildman–Crippen LogP) is 1.58. The third-order valence-electron chi connectivity index (χ3n) is 3.61. The van der Waals surface area contributed by atoms with E-state index in [1.54, 1.807) is 18.2 Å². The Labute approximate surface area is 142 Å². The van der Waals surface area contributed by atoms with Crippen molar-refractivity contribution in [3.8, 4) is 0 Å². The molecule has 0 spiro atoms. The molecule has 0 aliphatic carbocycles. The Balaban J connectivity index is 1.63. The predicted molar refractivity (Wildman–Crippen MR) is 85.2 cm³/mol. The standard InChI is InChI=1S/C17H14N4O4/c1-10(22)13-4-2-11(3-5-13)6-14-7-12(9-25-14)8-15(23)16(24)17-18-20-21-19-17/h2-5,7,9H,6,8H2,1H3,(H,18,19,20,21). The van der Waals surface area contributed by atoms with E-state index in [4.69, 9.17) is 4.42 Å². The van der Waals surface area contributed by atoms with Gasteiger partial charge in [-0.3, -0.25) is 14.4 Å². The largest absolute Gasteiger partial charge is 0.469 e. The number of furan rings is 1. The van der Waals surface area contributed by atoms with Crippen LogP contribution in [0.4, 0.5) is 0 Å². The highest BCUT2D eigenvalue weighted by Crippen LogP contribution is 2.15. The van der Waals surface area contributed by atoms with Gasteiger partial charge in [0.2, 0.25) is 11.6 Å². The van der Waals surface area contributed by atoms with Crippen molar-refractivity contribution in [2.45, 2.75) is 19.8 Å². The molecule has 0 amide bonds. The number of nitrogens with zero attached hydrogens (tertiary/aromatic N) is 3. The van der Waals surface area contributed by atoms with E-state index in [1.807, 2.05) is 12.1 Å². The summed E-state index contributed by atoms with van der Waals surface area (Å²) in [5.41, 5.74) is 2.21. The zero-order valence-corrected chi connectivity index (χ0v) is 13.4. The molecule has 3 aromatic rings. The van der Waals surface area contributed by atoms with Gasteiger partial charge in [-0.2, -0.15) is 5.21 Å². The second-order valence-electron chi connectivity index (χ2n) is 5.52. The molecule has 2 aromatic heterocycles. The molecule has 126 valence electrons. The molecule has 0 unspecified atom stereocenters. The Hall–Kier alpha value is -3.42. The third-order valence-corrected chi connectivity index (χ3v) is 3.61. The fourth-order valence-corrected chi connectivity index (χ4v) is 2.32. The summed E-state index contributed by atoms with van der Waals surface area (Å²) < 4.78 is 5.44. The zero-order valence-electron chi connectivity index (χ0n) is 13.4. The zero-order chi connectivity index (χ0) is 17.8. The van der Waals surface area contributed by atoms with Crippen molar-refractivity contribution >= 4 is 17.3 Å². The Bertz CT molecular complexity index is 911. The highest BCUT2D eigenvalue weighted by Gasteiger charge is 2.21. The number of Topliss-reactive ketones (excluding diaryl/α,β-unsaturated/α-hetero) is 3. The van der Waals surface area contributed by atoms with E-state index in [9.17, 15) is 14.4 Å². The topological polar surface area (TPSA) is 119 Å². The minimum absolute atomic E-state index is 0.0108. The summed E-state index contributed by atoms with van der Waals surface area (Å²) in [6.07, 6.45) is 1.87. The average Bonchev–Trinajstić information content (AvgIpc) is 3.27. The van der Waals surface area contributed by atoms with Crippen molar-refractivity contribution in [1.29, 1.82) is 0 Å². The van der Waals surface area contributed by atoms with E-state index in [2.05, 4.69) is 20.6 Å². The first-order valence-electron chi connectivity index (χ1n) is 7.50. The van der Waals surface area contributed by atoms with E-state index in [0.29, 0.717) is 23.3 Å². The normalized spacial score (nSPS) is 10.6. The number of ketones is 3. The molecule has 0 bridgehead atoms. The molecule has 8 heteroatoms. The molecule has 0 saturated heterocycles. The summed E-state index contributed by atoms with van der Waals surface area (Å²) in [6.45, 7) is 1.51. The van der Waals surface area contributed by atoms with Gasteiger partial charge in [0.15, 0.2) is 5.78 Å². The number of carbonyl (C=O) groups excluding carboxylic acids is 3. The number of aromatic amines is 1. The first-order valence-corrected chi connectivity index (χ1v) is 7.50. The van der Waals surface area contributed by atoms with Crippen LogP contribution in [0, 0.1) is 0 Å². The maximum Gasteiger partial charge on any atom is 0.269 e. The first-order chi connectivity index (χ1) is 12.0. The van der Waals surface area contributed by atoms with Crippen LogP contribution in [0.1, 0.15) is 44.8 Å². The van der Waals surface area contributed by atoms with Crippen LogP contribution in [0.25, 0.3) is 0 Å². The van der Waals surface area contributed by atoms with Crippen LogP contribution < -0.4 is 0 Å². The molecule has 0 saturated carbocycles. The number of rotatable bonds is 7. The summed E-state index contributed by atoms with van der Waals surface area (Å²) in [5, 5.41) is 12.4. The Morgan fingerprint density at radius 2 is 1.88 bits per heavy atom.